The molecule has 12 heteroatoms. The van der Waals surface area contributed by atoms with Crippen molar-refractivity contribution in [2.24, 2.45) is 11.8 Å². The molecule has 3 N–H and O–H groups in total. The summed E-state index contributed by atoms with van der Waals surface area (Å²) in [5.74, 6) is 0.324. The summed E-state index contributed by atoms with van der Waals surface area (Å²) in [7, 11) is 0. The van der Waals surface area contributed by atoms with Crippen LogP contribution in [0.1, 0.15) is 30.2 Å². The largest absolute Gasteiger partial charge is 0.489 e. The molecule has 2 unspecified atom stereocenters. The Labute approximate surface area is 240 Å². The molecular formula is C29H29N5O6S. The monoisotopic (exact) mass is 575 g/mol. The minimum atomic E-state index is -0.340. The number of carboxylic acid groups (broad SMARTS) is 1. The lowest BCUT2D eigenvalue weighted by Gasteiger charge is -2.38. The molecule has 3 aliphatic heterocycles. The van der Waals surface area contributed by atoms with E-state index in [4.69, 9.17) is 14.6 Å². The first-order chi connectivity index (χ1) is 19.8. The maximum atomic E-state index is 12.5. The number of aliphatic hydroxyl groups is 1. The minimum Gasteiger partial charge on any atom is -0.489 e. The van der Waals surface area contributed by atoms with Gasteiger partial charge < -0.3 is 25.2 Å². The van der Waals surface area contributed by atoms with Gasteiger partial charge in [-0.3, -0.25) is 24.3 Å². The number of likely N-dealkylation sites (tertiary alicyclic amines) is 1. The van der Waals surface area contributed by atoms with Crippen LogP contribution in [0.4, 0.5) is 5.69 Å². The number of nitriles is 1. The third kappa shape index (κ3) is 4.69. The summed E-state index contributed by atoms with van der Waals surface area (Å²) in [6.07, 6.45) is 3.24. The second-order valence-electron chi connectivity index (χ2n) is 11.1. The zero-order valence-electron chi connectivity index (χ0n) is 22.4. The standard InChI is InChI=1S/C28H27N5O4S.CH2O2/c1-28(14-34)10-16(12-31-28)32-4-5-37-23-7-15(11-29)6-19(24(23)32)18-2-3-30-22-8-17(38-25(18)22)13-33-26(35)20-9-21(20)27(33)36;2-1-3/h2-3,6-8,16,20-21,31,34H,4-5,9-10,12-14H2,1H3;1H,(H,2,3)/t16-,20?,21?,28+;/m0./s1. The van der Waals surface area contributed by atoms with Gasteiger partial charge in [-0.15, -0.1) is 11.3 Å². The second-order valence-corrected chi connectivity index (χ2v) is 12.2. The molecule has 0 spiro atoms. The fraction of sp³-hybridized carbons (Fsp3) is 0.414. The molecular weight excluding hydrogens is 546 g/mol. The number of amides is 2. The molecule has 0 radical (unpaired) electrons. The molecule has 5 heterocycles. The fourth-order valence-corrected chi connectivity index (χ4v) is 7.35. The molecule has 3 aromatic rings. The Morgan fingerprint density at radius 2 is 2.02 bits per heavy atom. The SMILES string of the molecule is C[C@]1(CO)C[C@H](N2CCOc3cc(C#N)cc(-c4ccnc5cc(CN6C(=O)C7CC7C6=O)sc45)c32)CN1.O=CO. The molecule has 1 saturated carbocycles. The van der Waals surface area contributed by atoms with E-state index in [9.17, 15) is 20.0 Å². The number of aliphatic hydroxyl groups excluding tert-OH is 1. The van der Waals surface area contributed by atoms with Crippen LogP contribution < -0.4 is 15.0 Å². The summed E-state index contributed by atoms with van der Waals surface area (Å²) in [6, 6.07) is 10.1. The molecule has 212 valence electrons. The normalized spacial score (nSPS) is 26.1. The van der Waals surface area contributed by atoms with Gasteiger partial charge in [0.1, 0.15) is 12.4 Å². The van der Waals surface area contributed by atoms with Crippen LogP contribution >= 0.6 is 11.3 Å². The van der Waals surface area contributed by atoms with Crippen molar-refractivity contribution in [2.45, 2.75) is 37.9 Å². The van der Waals surface area contributed by atoms with E-state index in [1.54, 1.807) is 12.3 Å². The highest BCUT2D eigenvalue weighted by Gasteiger charge is 2.58. The minimum absolute atomic E-state index is 0.0609. The summed E-state index contributed by atoms with van der Waals surface area (Å²) in [5.41, 5.74) is 3.74. The number of nitrogens with one attached hydrogen (secondary N) is 1. The molecule has 4 atom stereocenters. The van der Waals surface area contributed by atoms with Gasteiger partial charge in [-0.25, -0.2) is 0 Å². The number of piperidine rings is 1. The van der Waals surface area contributed by atoms with Crippen LogP contribution in [0, 0.1) is 23.2 Å². The van der Waals surface area contributed by atoms with Crippen LogP contribution in [0.25, 0.3) is 21.3 Å². The summed E-state index contributed by atoms with van der Waals surface area (Å²) in [5, 5.41) is 30.1. The Kier molecular flexibility index (Phi) is 6.89. The average Bonchev–Trinajstić information content (AvgIpc) is 3.43. The van der Waals surface area contributed by atoms with Crippen LogP contribution in [0.5, 0.6) is 5.75 Å². The molecule has 41 heavy (non-hydrogen) atoms. The van der Waals surface area contributed by atoms with Crippen LogP contribution in [0.15, 0.2) is 30.5 Å². The first-order valence-electron chi connectivity index (χ1n) is 13.4. The van der Waals surface area contributed by atoms with Crippen molar-refractivity contribution < 1.29 is 29.3 Å². The first-order valence-corrected chi connectivity index (χ1v) is 14.3. The van der Waals surface area contributed by atoms with E-state index < -0.39 is 0 Å². The van der Waals surface area contributed by atoms with Crippen LogP contribution in [0.2, 0.25) is 0 Å². The van der Waals surface area contributed by atoms with E-state index in [0.717, 1.165) is 44.9 Å². The molecule has 2 saturated heterocycles. The molecule has 11 nitrogen and oxygen atoms in total. The number of carbonyl (C=O) groups is 3. The number of benzene rings is 1. The number of anilines is 1. The number of imide groups is 1. The smallest absolute Gasteiger partial charge is 0.290 e. The zero-order valence-corrected chi connectivity index (χ0v) is 23.2. The number of aromatic nitrogens is 1. The number of hydrogen-bond donors (Lipinski definition) is 3. The number of ether oxygens (including phenoxy) is 1. The van der Waals surface area contributed by atoms with Crippen molar-refractivity contribution in [1.29, 1.82) is 5.26 Å². The van der Waals surface area contributed by atoms with E-state index in [0.29, 0.717) is 30.9 Å². The number of nitrogens with zero attached hydrogens (tertiary/aromatic N) is 4. The predicted octanol–water partition coefficient (Wildman–Crippen LogP) is 2.35. The van der Waals surface area contributed by atoms with Gasteiger partial charge in [0.2, 0.25) is 11.8 Å². The quantitative estimate of drug-likeness (QED) is 0.305. The van der Waals surface area contributed by atoms with E-state index in [2.05, 4.69) is 21.3 Å². The maximum absolute atomic E-state index is 12.5. The topological polar surface area (TPSA) is 156 Å². The van der Waals surface area contributed by atoms with Gasteiger partial charge in [-0.05, 0) is 38.0 Å². The third-order valence-corrected chi connectivity index (χ3v) is 9.49. The van der Waals surface area contributed by atoms with Gasteiger partial charge in [-0.1, -0.05) is 0 Å². The average molecular weight is 576 g/mol. The summed E-state index contributed by atoms with van der Waals surface area (Å²) in [6.45, 7) is 4.07. The van der Waals surface area contributed by atoms with Crippen LogP contribution in [-0.4, -0.2) is 76.3 Å². The van der Waals surface area contributed by atoms with Crippen LogP contribution in [-0.2, 0) is 20.9 Å². The lowest BCUT2D eigenvalue weighted by molar-refractivity contribution is -0.142. The van der Waals surface area contributed by atoms with Gasteiger partial charge >= 0.3 is 0 Å². The number of pyridine rings is 1. The first kappa shape index (κ1) is 27.1. The molecule has 3 fully saturated rings. The molecule has 4 aliphatic rings. The number of rotatable bonds is 5. The lowest BCUT2D eigenvalue weighted by Crippen LogP contribution is -2.42. The second kappa shape index (κ2) is 10.4. The Morgan fingerprint density at radius 3 is 2.71 bits per heavy atom. The lowest BCUT2D eigenvalue weighted by atomic mass is 9.95. The number of fused-ring (bicyclic) bond motifs is 3. The van der Waals surface area contributed by atoms with E-state index in [-0.39, 0.29) is 54.9 Å². The summed E-state index contributed by atoms with van der Waals surface area (Å²) >= 11 is 1.53. The van der Waals surface area contributed by atoms with Crippen molar-refractivity contribution in [1.82, 2.24) is 15.2 Å². The summed E-state index contributed by atoms with van der Waals surface area (Å²) in [4.78, 5) is 42.7. The van der Waals surface area contributed by atoms with Gasteiger partial charge in [0.25, 0.3) is 6.47 Å². The van der Waals surface area contributed by atoms with Gasteiger partial charge in [0.05, 0.1) is 59.1 Å². The molecule has 2 aromatic heterocycles. The van der Waals surface area contributed by atoms with Gasteiger partial charge in [0, 0.05) is 46.4 Å². The predicted molar refractivity (Wildman–Crippen MR) is 150 cm³/mol. The fourth-order valence-electron chi connectivity index (χ4n) is 6.22. The highest BCUT2D eigenvalue weighted by molar-refractivity contribution is 7.19. The Hall–Kier alpha value is -4.05. The number of thiophene rings is 1. The maximum Gasteiger partial charge on any atom is 0.290 e. The number of carbonyl (C=O) groups excluding carboxylic acids is 2. The molecule has 7 rings (SSSR count). The Bertz CT molecular complexity index is 1580. The molecule has 0 bridgehead atoms. The Morgan fingerprint density at radius 1 is 1.27 bits per heavy atom. The van der Waals surface area contributed by atoms with Crippen molar-refractivity contribution >= 4 is 45.5 Å². The van der Waals surface area contributed by atoms with Crippen molar-refractivity contribution in [3.8, 4) is 22.9 Å². The summed E-state index contributed by atoms with van der Waals surface area (Å²) < 4.78 is 7.03. The highest BCUT2D eigenvalue weighted by Crippen LogP contribution is 2.49. The molecule has 1 aliphatic carbocycles. The number of hydrogen-bond acceptors (Lipinski definition) is 10. The van der Waals surface area contributed by atoms with Gasteiger partial charge in [-0.2, -0.15) is 5.26 Å². The van der Waals surface area contributed by atoms with Gasteiger partial charge in [0.15, 0.2) is 0 Å². The van der Waals surface area contributed by atoms with E-state index in [1.165, 1.54) is 16.2 Å². The van der Waals surface area contributed by atoms with Crippen molar-refractivity contribution in [3.05, 3.63) is 40.9 Å². The van der Waals surface area contributed by atoms with E-state index >= 15 is 0 Å². The van der Waals surface area contributed by atoms with E-state index in [1.807, 2.05) is 25.1 Å². The Balaban J connectivity index is 0.000000967. The zero-order chi connectivity index (χ0) is 28.9. The molecule has 1 aromatic carbocycles. The third-order valence-electron chi connectivity index (χ3n) is 8.35. The van der Waals surface area contributed by atoms with Crippen molar-refractivity contribution in [2.75, 3.05) is 31.2 Å². The highest BCUT2D eigenvalue weighted by atomic mass is 32.1. The van der Waals surface area contributed by atoms with Crippen LogP contribution in [0.3, 0.4) is 0 Å². The van der Waals surface area contributed by atoms with Crippen molar-refractivity contribution in [3.63, 3.8) is 0 Å². The molecule has 2 amide bonds.